The molecule has 3 rings (SSSR count). The van der Waals surface area contributed by atoms with E-state index in [0.29, 0.717) is 36.8 Å². The third kappa shape index (κ3) is 5.69. The first-order chi connectivity index (χ1) is 13.1. The zero-order valence-corrected chi connectivity index (χ0v) is 17.1. The second-order valence-electron chi connectivity index (χ2n) is 6.34. The monoisotopic (exact) mass is 423 g/mol. The van der Waals surface area contributed by atoms with Gasteiger partial charge in [-0.1, -0.05) is 29.8 Å². The van der Waals surface area contributed by atoms with Crippen LogP contribution in [0, 0.1) is 0 Å². The number of halogens is 2. The third-order valence-electron chi connectivity index (χ3n) is 4.33. The third-order valence-corrected chi connectivity index (χ3v) is 4.56. The van der Waals surface area contributed by atoms with Crippen molar-refractivity contribution >= 4 is 47.2 Å². The molecule has 0 saturated carbocycles. The standard InChI is InChI=1S/C20H22ClN3O3.ClH/c1-27-9-8-22-12-19(25)23-17-6-2-14(3-7-17)13-24-18-11-16(21)5-4-15(18)10-20(24)26;/h2-7,11,22H,8-10,12-13H2,1H3,(H,23,25);1H. The average molecular weight is 424 g/mol. The van der Waals surface area contributed by atoms with Crippen LogP contribution in [0.5, 0.6) is 0 Å². The highest BCUT2D eigenvalue weighted by atomic mass is 35.5. The summed E-state index contributed by atoms with van der Waals surface area (Å²) in [6, 6.07) is 13.0. The Bertz CT molecular complexity index is 828. The molecule has 1 aliphatic rings. The van der Waals surface area contributed by atoms with E-state index in [1.54, 1.807) is 18.1 Å². The number of rotatable bonds is 8. The van der Waals surface area contributed by atoms with Crippen molar-refractivity contribution in [3.63, 3.8) is 0 Å². The van der Waals surface area contributed by atoms with Gasteiger partial charge in [-0.3, -0.25) is 9.59 Å². The predicted octanol–water partition coefficient (Wildman–Crippen LogP) is 3.03. The summed E-state index contributed by atoms with van der Waals surface area (Å²) in [5.41, 5.74) is 3.56. The number of ether oxygens (including phenoxy) is 1. The van der Waals surface area contributed by atoms with E-state index >= 15 is 0 Å². The first-order valence-corrected chi connectivity index (χ1v) is 9.12. The summed E-state index contributed by atoms with van der Waals surface area (Å²) in [6.45, 7) is 1.88. The van der Waals surface area contributed by atoms with Crippen LogP contribution in [0.4, 0.5) is 11.4 Å². The van der Waals surface area contributed by atoms with Crippen LogP contribution in [0.2, 0.25) is 5.02 Å². The van der Waals surface area contributed by atoms with Gasteiger partial charge in [-0.05, 0) is 35.4 Å². The minimum Gasteiger partial charge on any atom is -0.383 e. The van der Waals surface area contributed by atoms with Gasteiger partial charge >= 0.3 is 0 Å². The maximum Gasteiger partial charge on any atom is 0.238 e. The quantitative estimate of drug-likeness (QED) is 0.640. The minimum atomic E-state index is -0.114. The molecule has 2 aromatic carbocycles. The fraction of sp³-hybridized carbons (Fsp3) is 0.300. The van der Waals surface area contributed by atoms with Gasteiger partial charge in [0.05, 0.1) is 26.1 Å². The molecule has 28 heavy (non-hydrogen) atoms. The topological polar surface area (TPSA) is 70.7 Å². The normalized spacial score (nSPS) is 12.5. The van der Waals surface area contributed by atoms with E-state index in [1.807, 2.05) is 36.4 Å². The fourth-order valence-electron chi connectivity index (χ4n) is 2.96. The first-order valence-electron chi connectivity index (χ1n) is 8.74. The Morgan fingerprint density at radius 2 is 1.96 bits per heavy atom. The summed E-state index contributed by atoms with van der Waals surface area (Å²) in [5.74, 6) is -0.0519. The van der Waals surface area contributed by atoms with E-state index in [1.165, 1.54) is 0 Å². The van der Waals surface area contributed by atoms with Gasteiger partial charge < -0.3 is 20.3 Å². The molecule has 2 amide bonds. The number of amides is 2. The number of methoxy groups -OCH3 is 1. The van der Waals surface area contributed by atoms with Crippen LogP contribution in [0.25, 0.3) is 0 Å². The van der Waals surface area contributed by atoms with Gasteiger partial charge in [0.2, 0.25) is 11.8 Å². The zero-order chi connectivity index (χ0) is 19.2. The molecular weight excluding hydrogens is 401 g/mol. The predicted molar refractivity (Wildman–Crippen MR) is 113 cm³/mol. The number of nitrogens with one attached hydrogen (secondary N) is 2. The highest BCUT2D eigenvalue weighted by molar-refractivity contribution is 6.31. The minimum absolute atomic E-state index is 0. The SMILES string of the molecule is COCCNCC(=O)Nc1ccc(CN2C(=O)Cc3ccc(Cl)cc32)cc1.Cl. The van der Waals surface area contributed by atoms with E-state index in [9.17, 15) is 9.59 Å². The number of benzene rings is 2. The van der Waals surface area contributed by atoms with Gasteiger partial charge in [-0.2, -0.15) is 0 Å². The van der Waals surface area contributed by atoms with Crippen LogP contribution in [-0.2, 0) is 27.3 Å². The molecule has 8 heteroatoms. The molecule has 0 aliphatic carbocycles. The molecule has 1 heterocycles. The summed E-state index contributed by atoms with van der Waals surface area (Å²) < 4.78 is 4.92. The van der Waals surface area contributed by atoms with Crippen molar-refractivity contribution < 1.29 is 14.3 Å². The van der Waals surface area contributed by atoms with Gasteiger partial charge in [0.15, 0.2) is 0 Å². The summed E-state index contributed by atoms with van der Waals surface area (Å²) in [5, 5.41) is 6.44. The lowest BCUT2D eigenvalue weighted by Gasteiger charge is -2.18. The van der Waals surface area contributed by atoms with Crippen LogP contribution >= 0.6 is 24.0 Å². The molecule has 0 aromatic heterocycles. The second kappa shape index (κ2) is 10.4. The molecule has 0 atom stereocenters. The average Bonchev–Trinajstić information content (AvgIpc) is 2.95. The molecular formula is C20H23Cl2N3O3. The maximum atomic E-state index is 12.3. The van der Waals surface area contributed by atoms with Crippen molar-refractivity contribution in [1.82, 2.24) is 5.32 Å². The van der Waals surface area contributed by atoms with Crippen LogP contribution in [0.15, 0.2) is 42.5 Å². The highest BCUT2D eigenvalue weighted by Gasteiger charge is 2.27. The van der Waals surface area contributed by atoms with Crippen LogP contribution in [0.3, 0.4) is 0 Å². The maximum absolute atomic E-state index is 12.3. The Morgan fingerprint density at radius 1 is 1.21 bits per heavy atom. The number of anilines is 2. The summed E-state index contributed by atoms with van der Waals surface area (Å²) in [7, 11) is 1.62. The zero-order valence-electron chi connectivity index (χ0n) is 15.5. The molecule has 0 saturated heterocycles. The lowest BCUT2D eigenvalue weighted by Crippen LogP contribution is -2.30. The van der Waals surface area contributed by atoms with Gasteiger partial charge in [-0.15, -0.1) is 12.4 Å². The molecule has 6 nitrogen and oxygen atoms in total. The fourth-order valence-corrected chi connectivity index (χ4v) is 3.13. The molecule has 0 unspecified atom stereocenters. The van der Waals surface area contributed by atoms with E-state index in [2.05, 4.69) is 10.6 Å². The highest BCUT2D eigenvalue weighted by Crippen LogP contribution is 2.32. The Hall–Kier alpha value is -2.12. The van der Waals surface area contributed by atoms with E-state index in [-0.39, 0.29) is 30.8 Å². The Labute approximate surface area is 175 Å². The van der Waals surface area contributed by atoms with Gasteiger partial charge in [0, 0.05) is 30.1 Å². The van der Waals surface area contributed by atoms with Crippen molar-refractivity contribution in [3.05, 3.63) is 58.6 Å². The van der Waals surface area contributed by atoms with Crippen molar-refractivity contribution in [2.45, 2.75) is 13.0 Å². The molecule has 2 N–H and O–H groups in total. The van der Waals surface area contributed by atoms with Crippen molar-refractivity contribution in [2.24, 2.45) is 0 Å². The molecule has 0 bridgehead atoms. The number of hydrogen-bond acceptors (Lipinski definition) is 4. The molecule has 2 aromatic rings. The number of hydrogen-bond donors (Lipinski definition) is 2. The first kappa shape index (κ1) is 22.2. The lowest BCUT2D eigenvalue weighted by molar-refractivity contribution is -0.117. The number of fused-ring (bicyclic) bond motifs is 1. The van der Waals surface area contributed by atoms with Gasteiger partial charge in [0.25, 0.3) is 0 Å². The molecule has 1 aliphatic heterocycles. The van der Waals surface area contributed by atoms with Gasteiger partial charge in [0.1, 0.15) is 0 Å². The number of carbonyl (C=O) groups excluding carboxylic acids is 2. The molecule has 0 radical (unpaired) electrons. The van der Waals surface area contributed by atoms with E-state index in [0.717, 1.165) is 16.8 Å². The Kier molecular flexibility index (Phi) is 8.26. The Balaban J connectivity index is 0.00000280. The van der Waals surface area contributed by atoms with E-state index < -0.39 is 0 Å². The lowest BCUT2D eigenvalue weighted by atomic mass is 10.1. The number of nitrogens with zero attached hydrogens (tertiary/aromatic N) is 1. The van der Waals surface area contributed by atoms with Crippen LogP contribution < -0.4 is 15.5 Å². The summed E-state index contributed by atoms with van der Waals surface area (Å²) >= 11 is 6.07. The molecule has 0 fully saturated rings. The van der Waals surface area contributed by atoms with Crippen molar-refractivity contribution in [1.29, 1.82) is 0 Å². The van der Waals surface area contributed by atoms with Gasteiger partial charge in [-0.25, -0.2) is 0 Å². The van der Waals surface area contributed by atoms with Crippen LogP contribution in [0.1, 0.15) is 11.1 Å². The van der Waals surface area contributed by atoms with Crippen molar-refractivity contribution in [3.8, 4) is 0 Å². The largest absolute Gasteiger partial charge is 0.383 e. The smallest absolute Gasteiger partial charge is 0.238 e. The number of carbonyl (C=O) groups is 2. The summed E-state index contributed by atoms with van der Waals surface area (Å²) in [6.07, 6.45) is 0.400. The molecule has 150 valence electrons. The summed E-state index contributed by atoms with van der Waals surface area (Å²) in [4.78, 5) is 25.9. The molecule has 0 spiro atoms. The Morgan fingerprint density at radius 3 is 2.68 bits per heavy atom. The second-order valence-corrected chi connectivity index (χ2v) is 6.78. The van der Waals surface area contributed by atoms with Crippen molar-refractivity contribution in [2.75, 3.05) is 37.0 Å². The van der Waals surface area contributed by atoms with E-state index in [4.69, 9.17) is 16.3 Å². The van der Waals surface area contributed by atoms with Crippen LogP contribution in [-0.4, -0.2) is 38.6 Å².